The second-order valence-electron chi connectivity index (χ2n) is 4.27. The molecule has 0 saturated heterocycles. The molecule has 2 rings (SSSR count). The maximum Gasteiger partial charge on any atom is 0.335 e. The molecule has 1 aliphatic rings. The van der Waals surface area contributed by atoms with Gasteiger partial charge in [0.15, 0.2) is 0 Å². The van der Waals surface area contributed by atoms with Gasteiger partial charge < -0.3 is 15.7 Å². The number of nitrogens with zero attached hydrogens (tertiary/aromatic N) is 1. The van der Waals surface area contributed by atoms with Crippen LogP contribution in [0.25, 0.3) is 0 Å². The molecule has 1 saturated carbocycles. The van der Waals surface area contributed by atoms with Gasteiger partial charge in [0.2, 0.25) is 0 Å². The van der Waals surface area contributed by atoms with E-state index in [0.717, 1.165) is 18.5 Å². The number of carbonyl (C=O) groups is 1. The molecule has 4 heteroatoms. The molecule has 3 N–H and O–H groups in total. The molecule has 0 atom stereocenters. The first-order valence-electron chi connectivity index (χ1n) is 5.45. The molecule has 0 bridgehead atoms. The smallest absolute Gasteiger partial charge is 0.335 e. The van der Waals surface area contributed by atoms with Crippen LogP contribution in [0.1, 0.15) is 29.6 Å². The molecule has 1 aromatic rings. The molecule has 86 valence electrons. The van der Waals surface area contributed by atoms with Gasteiger partial charge in [-0.2, -0.15) is 0 Å². The van der Waals surface area contributed by atoms with Crippen molar-refractivity contribution in [3.05, 3.63) is 23.8 Å². The molecule has 0 aromatic heterocycles. The van der Waals surface area contributed by atoms with Crippen LogP contribution in [0.2, 0.25) is 0 Å². The Morgan fingerprint density at radius 1 is 1.50 bits per heavy atom. The van der Waals surface area contributed by atoms with Gasteiger partial charge in [-0.05, 0) is 37.5 Å². The summed E-state index contributed by atoms with van der Waals surface area (Å²) in [6.07, 6.45) is 3.56. The summed E-state index contributed by atoms with van der Waals surface area (Å²) in [5, 5.41) is 8.93. The Hall–Kier alpha value is -1.71. The number of rotatable bonds is 3. The first kappa shape index (κ1) is 10.8. The van der Waals surface area contributed by atoms with Gasteiger partial charge in [0.05, 0.1) is 16.9 Å². The van der Waals surface area contributed by atoms with E-state index in [1.165, 1.54) is 12.5 Å². The summed E-state index contributed by atoms with van der Waals surface area (Å²) in [6.45, 7) is 0. The van der Waals surface area contributed by atoms with E-state index in [1.807, 2.05) is 7.05 Å². The molecule has 4 nitrogen and oxygen atoms in total. The minimum Gasteiger partial charge on any atom is -0.478 e. The Balaban J connectivity index is 2.30. The molecule has 1 aromatic carbocycles. The Morgan fingerprint density at radius 3 is 2.69 bits per heavy atom. The fourth-order valence-electron chi connectivity index (χ4n) is 1.95. The normalized spacial score (nSPS) is 15.6. The molecular formula is C12H16N2O2. The van der Waals surface area contributed by atoms with E-state index in [4.69, 9.17) is 10.8 Å². The summed E-state index contributed by atoms with van der Waals surface area (Å²) < 4.78 is 0. The molecular weight excluding hydrogens is 204 g/mol. The summed E-state index contributed by atoms with van der Waals surface area (Å²) in [5.41, 5.74) is 7.62. The summed E-state index contributed by atoms with van der Waals surface area (Å²) in [7, 11) is 1.97. The number of aromatic carboxylic acids is 1. The first-order chi connectivity index (χ1) is 7.59. The third-order valence-corrected chi connectivity index (χ3v) is 3.28. The maximum absolute atomic E-state index is 10.9. The highest BCUT2D eigenvalue weighted by Crippen LogP contribution is 2.32. The van der Waals surface area contributed by atoms with Crippen LogP contribution in [0.4, 0.5) is 11.4 Å². The lowest BCUT2D eigenvalue weighted by atomic mass is 9.91. The van der Waals surface area contributed by atoms with E-state index < -0.39 is 5.97 Å². The number of anilines is 2. The molecule has 0 aliphatic heterocycles. The number of nitrogen functional groups attached to an aromatic ring is 1. The van der Waals surface area contributed by atoms with Crippen molar-refractivity contribution in [2.75, 3.05) is 17.7 Å². The molecule has 0 heterocycles. The third kappa shape index (κ3) is 1.83. The Morgan fingerprint density at radius 2 is 2.19 bits per heavy atom. The number of hydrogen-bond donors (Lipinski definition) is 2. The molecule has 0 unspecified atom stereocenters. The first-order valence-corrected chi connectivity index (χ1v) is 5.45. The topological polar surface area (TPSA) is 66.6 Å². The lowest BCUT2D eigenvalue weighted by molar-refractivity contribution is 0.0697. The predicted molar refractivity (Wildman–Crippen MR) is 63.9 cm³/mol. The zero-order valence-corrected chi connectivity index (χ0v) is 9.31. The van der Waals surface area contributed by atoms with Crippen LogP contribution in [-0.2, 0) is 0 Å². The van der Waals surface area contributed by atoms with Gasteiger partial charge in [-0.15, -0.1) is 0 Å². The number of hydrogen-bond acceptors (Lipinski definition) is 3. The Kier molecular flexibility index (Phi) is 2.73. The number of benzene rings is 1. The van der Waals surface area contributed by atoms with Gasteiger partial charge in [-0.1, -0.05) is 0 Å². The van der Waals surface area contributed by atoms with Crippen molar-refractivity contribution in [3.63, 3.8) is 0 Å². The van der Waals surface area contributed by atoms with Crippen molar-refractivity contribution < 1.29 is 9.90 Å². The third-order valence-electron chi connectivity index (χ3n) is 3.28. The minimum absolute atomic E-state index is 0.287. The zero-order valence-electron chi connectivity index (χ0n) is 9.31. The van der Waals surface area contributed by atoms with E-state index in [0.29, 0.717) is 11.7 Å². The minimum atomic E-state index is -0.914. The summed E-state index contributed by atoms with van der Waals surface area (Å²) in [4.78, 5) is 13.0. The quantitative estimate of drug-likeness (QED) is 0.764. The largest absolute Gasteiger partial charge is 0.478 e. The summed E-state index contributed by atoms with van der Waals surface area (Å²) >= 11 is 0. The average molecular weight is 220 g/mol. The monoisotopic (exact) mass is 220 g/mol. The number of carboxylic acid groups (broad SMARTS) is 1. The van der Waals surface area contributed by atoms with Gasteiger partial charge in [0.1, 0.15) is 0 Å². The molecule has 1 fully saturated rings. The van der Waals surface area contributed by atoms with Gasteiger partial charge in [-0.25, -0.2) is 4.79 Å². The van der Waals surface area contributed by atoms with Gasteiger partial charge in [0.25, 0.3) is 0 Å². The van der Waals surface area contributed by atoms with E-state index in [9.17, 15) is 4.79 Å². The van der Waals surface area contributed by atoms with Crippen LogP contribution in [-0.4, -0.2) is 24.2 Å². The van der Waals surface area contributed by atoms with E-state index in [2.05, 4.69) is 4.90 Å². The van der Waals surface area contributed by atoms with Crippen molar-refractivity contribution in [1.29, 1.82) is 0 Å². The zero-order chi connectivity index (χ0) is 11.7. The predicted octanol–water partition coefficient (Wildman–Crippen LogP) is 1.96. The molecule has 0 amide bonds. The number of nitrogens with two attached hydrogens (primary N) is 1. The Labute approximate surface area is 94.7 Å². The fourth-order valence-corrected chi connectivity index (χ4v) is 1.95. The van der Waals surface area contributed by atoms with Gasteiger partial charge in [-0.3, -0.25) is 0 Å². The second-order valence-corrected chi connectivity index (χ2v) is 4.27. The van der Waals surface area contributed by atoms with Crippen LogP contribution in [0, 0.1) is 0 Å². The highest BCUT2D eigenvalue weighted by atomic mass is 16.4. The van der Waals surface area contributed by atoms with E-state index in [-0.39, 0.29) is 5.56 Å². The van der Waals surface area contributed by atoms with Crippen LogP contribution in [0.5, 0.6) is 0 Å². The van der Waals surface area contributed by atoms with Crippen molar-refractivity contribution in [2.45, 2.75) is 25.3 Å². The van der Waals surface area contributed by atoms with Crippen LogP contribution in [0.3, 0.4) is 0 Å². The fraction of sp³-hybridized carbons (Fsp3) is 0.417. The lowest BCUT2D eigenvalue weighted by Crippen LogP contribution is -2.37. The van der Waals surface area contributed by atoms with Crippen molar-refractivity contribution >= 4 is 17.3 Å². The summed E-state index contributed by atoms with van der Waals surface area (Å²) in [6, 6.07) is 5.35. The van der Waals surface area contributed by atoms with Crippen LogP contribution >= 0.6 is 0 Å². The molecule has 16 heavy (non-hydrogen) atoms. The second kappa shape index (κ2) is 4.04. The van der Waals surface area contributed by atoms with Gasteiger partial charge in [0, 0.05) is 13.1 Å². The molecule has 1 aliphatic carbocycles. The van der Waals surface area contributed by atoms with E-state index in [1.54, 1.807) is 12.1 Å². The SMILES string of the molecule is CN(c1cc(C(=O)O)ccc1N)C1CCC1. The van der Waals surface area contributed by atoms with Crippen LogP contribution < -0.4 is 10.6 Å². The lowest BCUT2D eigenvalue weighted by Gasteiger charge is -2.37. The van der Waals surface area contributed by atoms with Crippen molar-refractivity contribution in [1.82, 2.24) is 0 Å². The highest BCUT2D eigenvalue weighted by molar-refractivity contribution is 5.90. The van der Waals surface area contributed by atoms with Crippen LogP contribution in [0.15, 0.2) is 18.2 Å². The van der Waals surface area contributed by atoms with Crippen molar-refractivity contribution in [3.8, 4) is 0 Å². The summed E-state index contributed by atoms with van der Waals surface area (Å²) in [5.74, 6) is -0.914. The maximum atomic E-state index is 10.9. The molecule has 0 radical (unpaired) electrons. The van der Waals surface area contributed by atoms with Gasteiger partial charge >= 0.3 is 5.97 Å². The average Bonchev–Trinajstić information content (AvgIpc) is 2.15. The van der Waals surface area contributed by atoms with E-state index >= 15 is 0 Å². The standard InChI is InChI=1S/C12H16N2O2/c1-14(9-3-2-4-9)11-7-8(12(15)16)5-6-10(11)13/h5-7,9H,2-4,13H2,1H3,(H,15,16). The Bertz CT molecular complexity index is 413. The highest BCUT2D eigenvalue weighted by Gasteiger charge is 2.23. The molecule has 0 spiro atoms. The van der Waals surface area contributed by atoms with Crippen molar-refractivity contribution in [2.24, 2.45) is 0 Å². The number of carboxylic acids is 1.